The van der Waals surface area contributed by atoms with Gasteiger partial charge in [0, 0.05) is 29.9 Å². The molecule has 6 rings (SSSR count). The van der Waals surface area contributed by atoms with E-state index in [1.54, 1.807) is 31.1 Å². The van der Waals surface area contributed by atoms with Crippen molar-refractivity contribution in [3.63, 3.8) is 0 Å². The van der Waals surface area contributed by atoms with E-state index in [4.69, 9.17) is 4.42 Å². The summed E-state index contributed by atoms with van der Waals surface area (Å²) in [5.41, 5.74) is 1.93. The Hall–Kier alpha value is -2.67. The molecule has 7 nitrogen and oxygen atoms in total. The van der Waals surface area contributed by atoms with E-state index < -0.39 is 0 Å². The first kappa shape index (κ1) is 15.6. The first-order valence-electron chi connectivity index (χ1n) is 9.11. The number of pyridine rings is 1. The van der Waals surface area contributed by atoms with Crippen LogP contribution in [0, 0.1) is 5.92 Å². The molecule has 1 N–H and O–H groups in total. The number of fused-ring (bicyclic) bond motifs is 4. The van der Waals surface area contributed by atoms with E-state index in [0.717, 1.165) is 37.0 Å². The summed E-state index contributed by atoms with van der Waals surface area (Å²) in [5.74, 6) is 0.452. The number of aromatic nitrogens is 3. The second-order valence-corrected chi connectivity index (χ2v) is 7.27. The first-order valence-corrected chi connectivity index (χ1v) is 9.11. The summed E-state index contributed by atoms with van der Waals surface area (Å²) in [4.78, 5) is 23.7. The molecule has 0 spiro atoms. The maximum Gasteiger partial charge on any atom is 0.270 e. The van der Waals surface area contributed by atoms with Gasteiger partial charge in [-0.1, -0.05) is 0 Å². The molecular weight excluding hydrogens is 330 g/mol. The second-order valence-electron chi connectivity index (χ2n) is 7.27. The molecule has 3 aromatic rings. The van der Waals surface area contributed by atoms with E-state index in [9.17, 15) is 4.79 Å². The third-order valence-electron chi connectivity index (χ3n) is 5.93. The molecule has 0 radical (unpaired) electrons. The number of hydrogen-bond acceptors (Lipinski definition) is 5. The van der Waals surface area contributed by atoms with Crippen LogP contribution >= 0.6 is 0 Å². The van der Waals surface area contributed by atoms with Gasteiger partial charge in [0.25, 0.3) is 5.91 Å². The average molecular weight is 351 g/mol. The fourth-order valence-corrected chi connectivity index (χ4v) is 4.42. The molecule has 3 aliphatic heterocycles. The van der Waals surface area contributed by atoms with E-state index in [1.165, 1.54) is 0 Å². The summed E-state index contributed by atoms with van der Waals surface area (Å²) in [6.07, 6.45) is 10.9. The van der Waals surface area contributed by atoms with E-state index in [2.05, 4.69) is 27.1 Å². The number of furan rings is 1. The molecule has 1 amide bonds. The topological polar surface area (TPSA) is 76.2 Å². The third-order valence-corrected chi connectivity index (χ3v) is 5.93. The number of nitrogens with one attached hydrogen (secondary N) is 1. The maximum absolute atomic E-state index is 12.9. The molecule has 3 aliphatic rings. The molecule has 3 fully saturated rings. The normalized spacial score (nSPS) is 27.7. The van der Waals surface area contributed by atoms with Crippen LogP contribution in [-0.2, 0) is 0 Å². The lowest BCUT2D eigenvalue weighted by atomic mass is 9.79. The average Bonchev–Trinajstić information content (AvgIpc) is 3.33. The summed E-state index contributed by atoms with van der Waals surface area (Å²) in [6, 6.07) is 2.38. The SMILES string of the molecule is CC1C(NC(=O)c2cc3c(-n4ccnc4)coc3cn2)C2CCN1CC2. The van der Waals surface area contributed by atoms with Crippen LogP contribution in [0.4, 0.5) is 0 Å². The van der Waals surface area contributed by atoms with Crippen molar-refractivity contribution in [2.45, 2.75) is 31.8 Å². The van der Waals surface area contributed by atoms with Crippen LogP contribution in [0.2, 0.25) is 0 Å². The van der Waals surface area contributed by atoms with Gasteiger partial charge in [0.2, 0.25) is 0 Å². The zero-order valence-electron chi connectivity index (χ0n) is 14.6. The zero-order valence-corrected chi connectivity index (χ0v) is 14.6. The molecule has 134 valence electrons. The van der Waals surface area contributed by atoms with Crippen LogP contribution in [0.1, 0.15) is 30.3 Å². The van der Waals surface area contributed by atoms with Crippen molar-refractivity contribution < 1.29 is 9.21 Å². The minimum absolute atomic E-state index is 0.115. The van der Waals surface area contributed by atoms with Gasteiger partial charge < -0.3 is 14.3 Å². The predicted octanol–water partition coefficient (Wildman–Crippen LogP) is 2.23. The fourth-order valence-electron chi connectivity index (χ4n) is 4.42. The molecule has 0 saturated carbocycles. The number of piperidine rings is 3. The lowest BCUT2D eigenvalue weighted by Crippen LogP contribution is -2.62. The number of nitrogens with zero attached hydrogens (tertiary/aromatic N) is 4. The number of carbonyl (C=O) groups is 1. The molecule has 0 aliphatic carbocycles. The van der Waals surface area contributed by atoms with Crippen LogP contribution in [-0.4, -0.2) is 50.5 Å². The summed E-state index contributed by atoms with van der Waals surface area (Å²) >= 11 is 0. The van der Waals surface area contributed by atoms with Gasteiger partial charge in [-0.3, -0.25) is 9.69 Å². The largest absolute Gasteiger partial charge is 0.460 e. The van der Waals surface area contributed by atoms with E-state index in [-0.39, 0.29) is 11.9 Å². The van der Waals surface area contributed by atoms with Crippen molar-refractivity contribution in [3.8, 4) is 5.69 Å². The quantitative estimate of drug-likeness (QED) is 0.783. The number of carbonyl (C=O) groups excluding carboxylic acids is 1. The summed E-state index contributed by atoms with van der Waals surface area (Å²) in [5, 5.41) is 4.09. The third kappa shape index (κ3) is 2.42. The van der Waals surface area contributed by atoms with Crippen molar-refractivity contribution in [1.29, 1.82) is 0 Å². The molecule has 26 heavy (non-hydrogen) atoms. The number of hydrogen-bond donors (Lipinski definition) is 1. The Bertz CT molecular complexity index is 938. The molecule has 3 saturated heterocycles. The zero-order chi connectivity index (χ0) is 17.7. The highest BCUT2D eigenvalue weighted by atomic mass is 16.3. The van der Waals surface area contributed by atoms with Gasteiger partial charge in [-0.05, 0) is 44.8 Å². The molecule has 7 heteroatoms. The molecule has 3 aromatic heterocycles. The first-order chi connectivity index (χ1) is 12.7. The lowest BCUT2D eigenvalue weighted by molar-refractivity contribution is 0.0216. The molecule has 2 bridgehead atoms. The Balaban J connectivity index is 1.43. The van der Waals surface area contributed by atoms with Crippen LogP contribution in [0.5, 0.6) is 0 Å². The minimum Gasteiger partial charge on any atom is -0.460 e. The Morgan fingerprint density at radius 3 is 2.92 bits per heavy atom. The van der Waals surface area contributed by atoms with Gasteiger partial charge in [-0.15, -0.1) is 0 Å². The minimum atomic E-state index is -0.115. The molecule has 2 unspecified atom stereocenters. The van der Waals surface area contributed by atoms with Gasteiger partial charge in [0.05, 0.1) is 18.2 Å². The molecule has 0 aromatic carbocycles. The highest BCUT2D eigenvalue weighted by Crippen LogP contribution is 2.32. The lowest BCUT2D eigenvalue weighted by Gasteiger charge is -2.49. The number of imidazole rings is 1. The van der Waals surface area contributed by atoms with Crippen LogP contribution in [0.15, 0.2) is 41.7 Å². The monoisotopic (exact) mass is 351 g/mol. The molecule has 6 heterocycles. The fraction of sp³-hybridized carbons (Fsp3) is 0.421. The van der Waals surface area contributed by atoms with Gasteiger partial charge in [0.1, 0.15) is 12.0 Å². The van der Waals surface area contributed by atoms with Crippen LogP contribution < -0.4 is 5.32 Å². The highest BCUT2D eigenvalue weighted by Gasteiger charge is 2.40. The predicted molar refractivity (Wildman–Crippen MR) is 96.1 cm³/mol. The van der Waals surface area contributed by atoms with Crippen molar-refractivity contribution in [1.82, 2.24) is 24.8 Å². The Morgan fingerprint density at radius 2 is 2.19 bits per heavy atom. The van der Waals surface area contributed by atoms with E-state index in [1.807, 2.05) is 10.8 Å². The Kier molecular flexibility index (Phi) is 3.56. The van der Waals surface area contributed by atoms with Crippen molar-refractivity contribution in [2.24, 2.45) is 5.92 Å². The summed E-state index contributed by atoms with van der Waals surface area (Å²) in [6.45, 7) is 4.50. The molecule has 2 atom stereocenters. The number of rotatable bonds is 3. The van der Waals surface area contributed by atoms with Gasteiger partial charge in [-0.2, -0.15) is 0 Å². The Labute approximate surface area is 151 Å². The maximum atomic E-state index is 12.9. The standard InChI is InChI=1S/C19H21N5O2/c1-12-18(13-2-5-23(12)6-3-13)22-19(25)15-8-14-16(24-7-4-20-11-24)10-26-17(14)9-21-15/h4,7-13,18H,2-3,5-6H2,1H3,(H,22,25). The second kappa shape index (κ2) is 5.95. The smallest absolute Gasteiger partial charge is 0.270 e. The van der Waals surface area contributed by atoms with E-state index in [0.29, 0.717) is 23.2 Å². The van der Waals surface area contributed by atoms with Gasteiger partial charge >= 0.3 is 0 Å². The van der Waals surface area contributed by atoms with Crippen molar-refractivity contribution >= 4 is 16.9 Å². The summed E-state index contributed by atoms with van der Waals surface area (Å²) < 4.78 is 7.43. The van der Waals surface area contributed by atoms with Crippen molar-refractivity contribution in [2.75, 3.05) is 13.1 Å². The molecular formula is C19H21N5O2. The van der Waals surface area contributed by atoms with Crippen LogP contribution in [0.3, 0.4) is 0 Å². The number of amides is 1. The van der Waals surface area contributed by atoms with Gasteiger partial charge in [0.15, 0.2) is 5.58 Å². The van der Waals surface area contributed by atoms with Gasteiger partial charge in [-0.25, -0.2) is 9.97 Å². The highest BCUT2D eigenvalue weighted by molar-refractivity contribution is 5.97. The Morgan fingerprint density at radius 1 is 1.35 bits per heavy atom. The van der Waals surface area contributed by atoms with Crippen LogP contribution in [0.25, 0.3) is 16.7 Å². The van der Waals surface area contributed by atoms with Crippen molar-refractivity contribution in [3.05, 3.63) is 42.9 Å². The van der Waals surface area contributed by atoms with E-state index >= 15 is 0 Å². The summed E-state index contributed by atoms with van der Waals surface area (Å²) in [7, 11) is 0.